The minimum absolute atomic E-state index is 0.142. The van der Waals surface area contributed by atoms with Gasteiger partial charge in [-0.25, -0.2) is 4.99 Å². The van der Waals surface area contributed by atoms with E-state index in [9.17, 15) is 4.79 Å². The maximum atomic E-state index is 13.6. The Bertz CT molecular complexity index is 1740. The number of nitrogens with zero attached hydrogens (tertiary/aromatic N) is 4. The van der Waals surface area contributed by atoms with Gasteiger partial charge in [0.2, 0.25) is 5.62 Å². The Labute approximate surface area is 220 Å². The Hall–Kier alpha value is -4.46. The highest BCUT2D eigenvalue weighted by molar-refractivity contribution is 5.63. The lowest BCUT2D eigenvalue weighted by atomic mass is 10.1. The predicted molar refractivity (Wildman–Crippen MR) is 148 cm³/mol. The third kappa shape index (κ3) is 4.32. The van der Waals surface area contributed by atoms with Crippen molar-refractivity contribution in [1.82, 2.24) is 19.4 Å². The van der Waals surface area contributed by atoms with Crippen LogP contribution in [0.2, 0.25) is 0 Å². The van der Waals surface area contributed by atoms with E-state index in [4.69, 9.17) is 10.4 Å². The molecule has 2 aromatic carbocycles. The Morgan fingerprint density at radius 2 is 1.82 bits per heavy atom. The van der Waals surface area contributed by atoms with Crippen LogP contribution < -0.4 is 32.5 Å². The van der Waals surface area contributed by atoms with E-state index in [1.165, 1.54) is 0 Å². The first-order chi connectivity index (χ1) is 18.5. The van der Waals surface area contributed by atoms with Gasteiger partial charge in [0.1, 0.15) is 16.5 Å². The molecule has 1 aliphatic carbocycles. The molecule has 0 unspecified atom stereocenters. The van der Waals surface area contributed by atoms with Crippen molar-refractivity contribution in [3.8, 4) is 11.3 Å². The number of hydrogen-bond acceptors (Lipinski definition) is 6. The third-order valence-corrected chi connectivity index (χ3v) is 7.47. The van der Waals surface area contributed by atoms with Gasteiger partial charge in [-0.15, -0.1) is 0 Å². The molecule has 8 heteroatoms. The molecule has 4 aromatic rings. The summed E-state index contributed by atoms with van der Waals surface area (Å²) in [5.74, 6) is 0.517. The molecule has 0 radical (unpaired) electrons. The van der Waals surface area contributed by atoms with Gasteiger partial charge in [-0.1, -0.05) is 48.5 Å². The van der Waals surface area contributed by atoms with Crippen molar-refractivity contribution < 1.29 is 0 Å². The lowest BCUT2D eigenvalue weighted by Crippen LogP contribution is -2.59. The molecule has 3 N–H and O–H groups in total. The van der Waals surface area contributed by atoms with Crippen molar-refractivity contribution in [2.24, 2.45) is 12.0 Å². The second-order valence-corrected chi connectivity index (χ2v) is 10.0. The van der Waals surface area contributed by atoms with Crippen LogP contribution in [0.4, 0.5) is 5.69 Å². The van der Waals surface area contributed by atoms with Crippen LogP contribution in [0.15, 0.2) is 82.6 Å². The monoisotopic (exact) mass is 505 g/mol. The maximum absolute atomic E-state index is 13.6. The number of fused-ring (bicyclic) bond motifs is 3. The largest absolute Gasteiger partial charge is 0.367 e. The SMILES string of the molecule is Cc1cccc(-c2ccc(CN/C(Nc3ccccc3)=c3/c(=O)n(C)c4n(c3=N)[C@H]3CCC[C@H]3N=4)cc2)n1. The van der Waals surface area contributed by atoms with Crippen molar-refractivity contribution in [3.05, 3.63) is 111 Å². The van der Waals surface area contributed by atoms with Gasteiger partial charge in [0.15, 0.2) is 0 Å². The van der Waals surface area contributed by atoms with Crippen LogP contribution in [-0.2, 0) is 13.6 Å². The third-order valence-electron chi connectivity index (χ3n) is 7.47. The first kappa shape index (κ1) is 23.9. The summed E-state index contributed by atoms with van der Waals surface area (Å²) in [4.78, 5) is 23.0. The van der Waals surface area contributed by atoms with Crippen LogP contribution in [-0.4, -0.2) is 20.2 Å². The van der Waals surface area contributed by atoms with Gasteiger partial charge in [0, 0.05) is 30.5 Å². The van der Waals surface area contributed by atoms with Gasteiger partial charge in [0.05, 0.1) is 17.8 Å². The van der Waals surface area contributed by atoms with Gasteiger partial charge in [-0.2, -0.15) is 0 Å². The Kier molecular flexibility index (Phi) is 6.15. The zero-order valence-corrected chi connectivity index (χ0v) is 21.6. The van der Waals surface area contributed by atoms with E-state index in [-0.39, 0.29) is 23.1 Å². The van der Waals surface area contributed by atoms with Crippen molar-refractivity contribution in [2.45, 2.75) is 44.8 Å². The van der Waals surface area contributed by atoms with Crippen molar-refractivity contribution in [1.29, 1.82) is 5.41 Å². The highest BCUT2D eigenvalue weighted by atomic mass is 16.1. The fraction of sp³-hybridized carbons (Fsp3) is 0.267. The molecule has 0 amide bonds. The summed E-state index contributed by atoms with van der Waals surface area (Å²) < 4.78 is 3.54. The molecule has 8 nitrogen and oxygen atoms in total. The first-order valence-corrected chi connectivity index (χ1v) is 13.1. The minimum atomic E-state index is -0.239. The van der Waals surface area contributed by atoms with Crippen LogP contribution in [0.3, 0.4) is 0 Å². The molecule has 2 aromatic heterocycles. The second kappa shape index (κ2) is 9.78. The molecular weight excluding hydrogens is 474 g/mol. The summed E-state index contributed by atoms with van der Waals surface area (Å²) in [6, 6.07) is 24.3. The molecule has 0 saturated heterocycles. The molecule has 2 aliphatic rings. The maximum Gasteiger partial charge on any atom is 0.267 e. The van der Waals surface area contributed by atoms with E-state index in [0.717, 1.165) is 47.5 Å². The Morgan fingerprint density at radius 1 is 1.03 bits per heavy atom. The molecule has 1 aliphatic heterocycles. The molecule has 6 rings (SSSR count). The number of para-hydroxylation sites is 1. The van der Waals surface area contributed by atoms with Crippen LogP contribution in [0.25, 0.3) is 17.1 Å². The Balaban J connectivity index is 1.40. The van der Waals surface area contributed by atoms with Crippen LogP contribution in [0, 0.1) is 12.3 Å². The molecule has 0 spiro atoms. The summed E-state index contributed by atoms with van der Waals surface area (Å²) in [5.41, 5.74) is 5.42. The lowest BCUT2D eigenvalue weighted by molar-refractivity contribution is 0.465. The van der Waals surface area contributed by atoms with E-state index in [2.05, 4.69) is 39.9 Å². The average molecular weight is 506 g/mol. The van der Waals surface area contributed by atoms with Crippen LogP contribution >= 0.6 is 0 Å². The van der Waals surface area contributed by atoms with Crippen molar-refractivity contribution in [3.63, 3.8) is 0 Å². The van der Waals surface area contributed by atoms with Gasteiger partial charge >= 0.3 is 0 Å². The number of anilines is 1. The number of benzene rings is 2. The number of pyridine rings is 1. The second-order valence-electron chi connectivity index (χ2n) is 10.0. The number of hydrogen-bond donors (Lipinski definition) is 3. The van der Waals surface area contributed by atoms with Crippen LogP contribution in [0.5, 0.6) is 0 Å². The lowest BCUT2D eigenvalue weighted by Gasteiger charge is -2.17. The van der Waals surface area contributed by atoms with E-state index in [1.807, 2.05) is 60.0 Å². The fourth-order valence-corrected chi connectivity index (χ4v) is 5.50. The minimum Gasteiger partial charge on any atom is -0.367 e. The number of nitrogens with one attached hydrogen (secondary N) is 3. The highest BCUT2D eigenvalue weighted by Gasteiger charge is 2.34. The van der Waals surface area contributed by atoms with Crippen molar-refractivity contribution >= 4 is 11.5 Å². The standard InChI is InChI=1S/C30H31N7O/c1-19-8-6-11-23(33-19)21-16-14-20(15-17-21)18-32-28(34-22-9-4-3-5-10-22)26-27(31)37-25-13-7-12-24(25)35-30(37)36(2)29(26)38/h3-6,8-11,14-17,24-25,31-32,34H,7,12-13,18H2,1-2H3/b28-26-,31-27?/t24-,25+/m1/s1. The van der Waals surface area contributed by atoms with E-state index >= 15 is 0 Å². The molecule has 1 fully saturated rings. The molecular formula is C30H31N7O. The first-order valence-electron chi connectivity index (χ1n) is 13.1. The molecule has 1 saturated carbocycles. The van der Waals surface area contributed by atoms with Gasteiger partial charge in [-0.05, 0) is 56.0 Å². The number of aryl methyl sites for hydroxylation is 1. The molecule has 0 bridgehead atoms. The van der Waals surface area contributed by atoms with Gasteiger partial charge in [0.25, 0.3) is 5.56 Å². The molecule has 3 heterocycles. The topological polar surface area (TPSA) is 100 Å². The van der Waals surface area contributed by atoms with Gasteiger partial charge in [-0.3, -0.25) is 24.3 Å². The predicted octanol–water partition coefficient (Wildman–Crippen LogP) is 2.73. The zero-order valence-electron chi connectivity index (χ0n) is 21.6. The molecule has 192 valence electrons. The van der Waals surface area contributed by atoms with E-state index in [1.54, 1.807) is 11.6 Å². The summed E-state index contributed by atoms with van der Waals surface area (Å²) in [6.07, 6.45) is 3.07. The van der Waals surface area contributed by atoms with Crippen LogP contribution in [0.1, 0.15) is 36.6 Å². The normalized spacial score (nSPS) is 18.4. The van der Waals surface area contributed by atoms with E-state index < -0.39 is 0 Å². The van der Waals surface area contributed by atoms with E-state index in [0.29, 0.717) is 23.2 Å². The highest BCUT2D eigenvalue weighted by Crippen LogP contribution is 2.32. The number of aromatic nitrogens is 3. The molecule has 38 heavy (non-hydrogen) atoms. The average Bonchev–Trinajstić information content (AvgIpc) is 3.53. The summed E-state index contributed by atoms with van der Waals surface area (Å²) in [6.45, 7) is 2.47. The Morgan fingerprint density at radius 3 is 2.58 bits per heavy atom. The van der Waals surface area contributed by atoms with Gasteiger partial charge < -0.3 is 10.6 Å². The summed E-state index contributed by atoms with van der Waals surface area (Å²) in [7, 11) is 1.75. The quantitative estimate of drug-likeness (QED) is 0.375. The zero-order chi connectivity index (χ0) is 26.2. The summed E-state index contributed by atoms with van der Waals surface area (Å²) in [5, 5.41) is 16.3. The fourth-order valence-electron chi connectivity index (χ4n) is 5.50. The van der Waals surface area contributed by atoms with Crippen molar-refractivity contribution in [2.75, 3.05) is 5.32 Å². The smallest absolute Gasteiger partial charge is 0.267 e. The summed E-state index contributed by atoms with van der Waals surface area (Å²) >= 11 is 0. The molecule has 2 atom stereocenters. The number of rotatable bonds is 6.